The number of rotatable bonds is 3. The lowest BCUT2D eigenvalue weighted by molar-refractivity contribution is 1.25. The number of para-hydroxylation sites is 3. The third kappa shape index (κ3) is 3.10. The van der Waals surface area contributed by atoms with Crippen LogP contribution < -0.4 is 0 Å². The van der Waals surface area contributed by atoms with Crippen LogP contribution in [0, 0.1) is 0 Å². The van der Waals surface area contributed by atoms with Crippen LogP contribution in [-0.2, 0) is 0 Å². The monoisotopic (exact) mass is 421 g/mol. The Kier molecular flexibility index (Phi) is 4.40. The Labute approximate surface area is 175 Å². The molecule has 5 rings (SSSR count). The number of aromatic amines is 1. The molecule has 28 heavy (non-hydrogen) atoms. The molecule has 0 bridgehead atoms. The third-order valence-electron chi connectivity index (χ3n) is 4.45. The molecule has 6 heteroatoms. The van der Waals surface area contributed by atoms with E-state index in [1.54, 1.807) is 17.4 Å². The Morgan fingerprint density at radius 3 is 2.46 bits per heavy atom. The molecule has 0 saturated heterocycles. The molecule has 3 aromatic carbocycles. The highest BCUT2D eigenvalue weighted by atomic mass is 35.5. The van der Waals surface area contributed by atoms with Gasteiger partial charge in [-0.2, -0.15) is 0 Å². The normalized spacial score (nSPS) is 12.1. The van der Waals surface area contributed by atoms with Gasteiger partial charge in [0.15, 0.2) is 0 Å². The first-order chi connectivity index (χ1) is 13.7. The lowest BCUT2D eigenvalue weighted by Crippen LogP contribution is -1.91. The van der Waals surface area contributed by atoms with Crippen molar-refractivity contribution in [1.82, 2.24) is 15.0 Å². The van der Waals surface area contributed by atoms with Crippen LogP contribution in [0.5, 0.6) is 0 Å². The fourth-order valence-corrected chi connectivity index (χ4v) is 4.43. The first-order valence-corrected chi connectivity index (χ1v) is 10.2. The number of benzene rings is 3. The Morgan fingerprint density at radius 2 is 1.64 bits per heavy atom. The minimum atomic E-state index is 0.513. The number of aromatic nitrogens is 3. The first-order valence-electron chi connectivity index (χ1n) is 8.66. The molecule has 0 fully saturated rings. The van der Waals surface area contributed by atoms with E-state index in [2.05, 4.69) is 11.1 Å². The van der Waals surface area contributed by atoms with Crippen molar-refractivity contribution in [2.24, 2.45) is 0 Å². The van der Waals surface area contributed by atoms with Crippen molar-refractivity contribution in [2.45, 2.75) is 0 Å². The topological polar surface area (TPSA) is 41.6 Å². The van der Waals surface area contributed by atoms with Crippen LogP contribution in [0.15, 0.2) is 66.7 Å². The highest BCUT2D eigenvalue weighted by Gasteiger charge is 2.16. The van der Waals surface area contributed by atoms with Crippen LogP contribution in [0.1, 0.15) is 16.4 Å². The predicted octanol–water partition coefficient (Wildman–Crippen LogP) is 7.07. The lowest BCUT2D eigenvalue weighted by atomic mass is 10.1. The zero-order chi connectivity index (χ0) is 19.1. The number of halogens is 2. The summed E-state index contributed by atoms with van der Waals surface area (Å²) in [7, 11) is 0. The maximum atomic E-state index is 6.45. The molecule has 0 saturated carbocycles. The molecule has 2 aromatic heterocycles. The van der Waals surface area contributed by atoms with Gasteiger partial charge in [-0.25, -0.2) is 9.97 Å². The number of nitrogens with one attached hydrogen (secondary N) is 1. The molecule has 0 spiro atoms. The summed E-state index contributed by atoms with van der Waals surface area (Å²) in [5.41, 5.74) is 4.54. The molecule has 0 radical (unpaired) electrons. The van der Waals surface area contributed by atoms with Gasteiger partial charge in [0.2, 0.25) is 0 Å². The van der Waals surface area contributed by atoms with Gasteiger partial charge in [-0.15, -0.1) is 11.3 Å². The van der Waals surface area contributed by atoms with Crippen molar-refractivity contribution < 1.29 is 0 Å². The van der Waals surface area contributed by atoms with Gasteiger partial charge in [0.1, 0.15) is 10.8 Å². The highest BCUT2D eigenvalue weighted by Crippen LogP contribution is 2.35. The summed E-state index contributed by atoms with van der Waals surface area (Å²) >= 11 is 14.3. The van der Waals surface area contributed by atoms with E-state index in [0.29, 0.717) is 10.0 Å². The van der Waals surface area contributed by atoms with Crippen LogP contribution >= 0.6 is 34.5 Å². The molecule has 2 heterocycles. The van der Waals surface area contributed by atoms with E-state index >= 15 is 0 Å². The van der Waals surface area contributed by atoms with Crippen LogP contribution in [-0.4, -0.2) is 15.0 Å². The molecule has 0 aliphatic rings. The summed E-state index contributed by atoms with van der Waals surface area (Å²) in [6.45, 7) is 0. The largest absolute Gasteiger partial charge is 0.338 e. The summed E-state index contributed by atoms with van der Waals surface area (Å²) in [6.07, 6.45) is 1.99. The lowest BCUT2D eigenvalue weighted by Gasteiger charge is -2.04. The molecule has 0 amide bonds. The molecule has 0 unspecified atom stereocenters. The van der Waals surface area contributed by atoms with Crippen molar-refractivity contribution in [3.05, 3.63) is 93.2 Å². The van der Waals surface area contributed by atoms with Crippen molar-refractivity contribution in [1.29, 1.82) is 0 Å². The molecule has 136 valence electrons. The third-order valence-corrected chi connectivity index (χ3v) is 6.35. The molecular formula is C22H13Cl2N3S. The zero-order valence-corrected chi connectivity index (χ0v) is 16.8. The fraction of sp³-hybridized carbons (Fsp3) is 0. The van der Waals surface area contributed by atoms with E-state index in [0.717, 1.165) is 43.2 Å². The molecule has 5 aromatic rings. The van der Waals surface area contributed by atoms with E-state index < -0.39 is 0 Å². The van der Waals surface area contributed by atoms with E-state index in [9.17, 15) is 0 Å². The zero-order valence-electron chi connectivity index (χ0n) is 14.5. The van der Waals surface area contributed by atoms with Crippen LogP contribution in [0.2, 0.25) is 10.0 Å². The van der Waals surface area contributed by atoms with Crippen LogP contribution in [0.4, 0.5) is 0 Å². The Morgan fingerprint density at radius 1 is 0.857 bits per heavy atom. The van der Waals surface area contributed by atoms with Crippen LogP contribution in [0.25, 0.3) is 32.9 Å². The molecule has 0 aliphatic carbocycles. The van der Waals surface area contributed by atoms with Gasteiger partial charge in [-0.05, 0) is 42.0 Å². The number of nitrogens with zero attached hydrogens (tertiary/aromatic N) is 2. The average molecular weight is 422 g/mol. The minimum Gasteiger partial charge on any atom is -0.338 e. The number of H-pyrrole nitrogens is 1. The second-order valence-electron chi connectivity index (χ2n) is 6.29. The average Bonchev–Trinajstić information content (AvgIpc) is 3.32. The Balaban J connectivity index is 1.76. The van der Waals surface area contributed by atoms with E-state index in [4.69, 9.17) is 33.2 Å². The van der Waals surface area contributed by atoms with E-state index in [1.165, 1.54) is 0 Å². The number of hydrogen-bond acceptors (Lipinski definition) is 3. The fourth-order valence-electron chi connectivity index (χ4n) is 3.09. The second kappa shape index (κ2) is 7.06. The molecule has 0 aliphatic heterocycles. The van der Waals surface area contributed by atoms with Gasteiger partial charge in [0, 0.05) is 0 Å². The van der Waals surface area contributed by atoms with Gasteiger partial charge in [0.05, 0.1) is 36.9 Å². The van der Waals surface area contributed by atoms with Gasteiger partial charge in [-0.1, -0.05) is 59.6 Å². The summed E-state index contributed by atoms with van der Waals surface area (Å²) in [6, 6.07) is 21.6. The summed E-state index contributed by atoms with van der Waals surface area (Å²) in [5, 5.41) is 1.90. The summed E-state index contributed by atoms with van der Waals surface area (Å²) in [5.74, 6) is 0.747. The van der Waals surface area contributed by atoms with E-state index in [1.807, 2.05) is 60.7 Å². The molecular weight excluding hydrogens is 409 g/mol. The standard InChI is InChI=1S/C22H13Cl2N3S/c23-15-7-5-6-13(20(15)24)12-14(21-25-16-8-1-2-9-17(16)26-21)22-27-18-10-3-4-11-19(18)28-22/h1-12H,(H,25,26)/b14-12+. The maximum Gasteiger partial charge on any atom is 0.141 e. The SMILES string of the molecule is Clc1cccc(/C=C(\c2nc3ccccc3[nH]2)c2nc3ccccc3s2)c1Cl. The van der Waals surface area contributed by atoms with Gasteiger partial charge < -0.3 is 4.98 Å². The highest BCUT2D eigenvalue weighted by molar-refractivity contribution is 7.19. The number of hydrogen-bond donors (Lipinski definition) is 1. The smallest absolute Gasteiger partial charge is 0.141 e. The Hall–Kier alpha value is -2.66. The maximum absolute atomic E-state index is 6.45. The second-order valence-corrected chi connectivity index (χ2v) is 8.11. The molecule has 1 N–H and O–H groups in total. The quantitative estimate of drug-likeness (QED) is 0.338. The minimum absolute atomic E-state index is 0.513. The molecule has 0 atom stereocenters. The van der Waals surface area contributed by atoms with Gasteiger partial charge in [-0.3, -0.25) is 0 Å². The van der Waals surface area contributed by atoms with Gasteiger partial charge in [0.25, 0.3) is 0 Å². The van der Waals surface area contributed by atoms with Crippen molar-refractivity contribution in [3.63, 3.8) is 0 Å². The number of imidazole rings is 1. The predicted molar refractivity (Wildman–Crippen MR) is 119 cm³/mol. The van der Waals surface area contributed by atoms with Crippen LogP contribution in [0.3, 0.4) is 0 Å². The molecule has 3 nitrogen and oxygen atoms in total. The van der Waals surface area contributed by atoms with E-state index in [-0.39, 0.29) is 0 Å². The summed E-state index contributed by atoms with van der Waals surface area (Å²) in [4.78, 5) is 13.0. The van der Waals surface area contributed by atoms with Gasteiger partial charge >= 0.3 is 0 Å². The summed E-state index contributed by atoms with van der Waals surface area (Å²) < 4.78 is 1.12. The number of thiazole rings is 1. The van der Waals surface area contributed by atoms with Crippen molar-refractivity contribution in [3.8, 4) is 0 Å². The first kappa shape index (κ1) is 17.4. The Bertz CT molecular complexity index is 1210. The van der Waals surface area contributed by atoms with Crippen molar-refractivity contribution in [2.75, 3.05) is 0 Å². The van der Waals surface area contributed by atoms with Crippen molar-refractivity contribution >= 4 is 67.4 Å². The number of fused-ring (bicyclic) bond motifs is 2.